The van der Waals surface area contributed by atoms with E-state index in [-0.39, 0.29) is 0 Å². The Labute approximate surface area is 98.7 Å². The van der Waals surface area contributed by atoms with Gasteiger partial charge in [-0.25, -0.2) is 0 Å². The van der Waals surface area contributed by atoms with Crippen molar-refractivity contribution in [2.24, 2.45) is 5.92 Å². The van der Waals surface area contributed by atoms with Gasteiger partial charge in [0.05, 0.1) is 0 Å². The third-order valence-corrected chi connectivity index (χ3v) is 3.48. The Bertz CT molecular complexity index is 329. The average molecular weight is 218 g/mol. The van der Waals surface area contributed by atoms with Crippen LogP contribution in [-0.4, -0.2) is 26.7 Å². The standard InChI is InChI=1S/C14H22N2/c1-12-4-3-5-14(10-12)16(2)9-7-13-6-8-15-11-13/h3-5,10,13,15H,6-9,11H2,1-2H3. The monoisotopic (exact) mass is 218 g/mol. The van der Waals surface area contributed by atoms with E-state index in [1.807, 2.05) is 0 Å². The quantitative estimate of drug-likeness (QED) is 0.835. The normalized spacial score (nSPS) is 20.0. The van der Waals surface area contributed by atoms with Crippen molar-refractivity contribution in [3.8, 4) is 0 Å². The zero-order chi connectivity index (χ0) is 11.4. The lowest BCUT2D eigenvalue weighted by Crippen LogP contribution is -2.21. The average Bonchev–Trinajstić information content (AvgIpc) is 2.78. The summed E-state index contributed by atoms with van der Waals surface area (Å²) < 4.78 is 0. The van der Waals surface area contributed by atoms with E-state index >= 15 is 0 Å². The number of hydrogen-bond acceptors (Lipinski definition) is 2. The van der Waals surface area contributed by atoms with Crippen molar-refractivity contribution in [3.05, 3.63) is 29.8 Å². The van der Waals surface area contributed by atoms with E-state index in [4.69, 9.17) is 0 Å². The lowest BCUT2D eigenvalue weighted by atomic mass is 10.0. The molecule has 88 valence electrons. The lowest BCUT2D eigenvalue weighted by molar-refractivity contribution is 0.533. The van der Waals surface area contributed by atoms with E-state index in [1.165, 1.54) is 37.2 Å². The molecule has 1 aliphatic heterocycles. The van der Waals surface area contributed by atoms with Crippen LogP contribution in [0, 0.1) is 12.8 Å². The lowest BCUT2D eigenvalue weighted by Gasteiger charge is -2.21. The number of benzene rings is 1. The largest absolute Gasteiger partial charge is 0.375 e. The van der Waals surface area contributed by atoms with E-state index in [1.54, 1.807) is 0 Å². The van der Waals surface area contributed by atoms with Crippen molar-refractivity contribution >= 4 is 5.69 Å². The van der Waals surface area contributed by atoms with Gasteiger partial charge in [-0.15, -0.1) is 0 Å². The molecule has 0 radical (unpaired) electrons. The number of aryl methyl sites for hydroxylation is 1. The number of rotatable bonds is 4. The van der Waals surface area contributed by atoms with E-state index in [2.05, 4.69) is 48.5 Å². The number of nitrogens with one attached hydrogen (secondary N) is 1. The van der Waals surface area contributed by atoms with Gasteiger partial charge in [0, 0.05) is 19.3 Å². The minimum absolute atomic E-state index is 0.882. The molecule has 2 heteroatoms. The predicted octanol–water partition coefficient (Wildman–Crippen LogP) is 2.43. The maximum absolute atomic E-state index is 3.43. The summed E-state index contributed by atoms with van der Waals surface area (Å²) in [5.41, 5.74) is 2.68. The highest BCUT2D eigenvalue weighted by Gasteiger charge is 2.14. The molecule has 1 unspecified atom stereocenters. The Morgan fingerprint density at radius 2 is 2.31 bits per heavy atom. The first-order valence-electron chi connectivity index (χ1n) is 6.24. The van der Waals surface area contributed by atoms with Gasteiger partial charge in [0.25, 0.3) is 0 Å². The second-order valence-corrected chi connectivity index (χ2v) is 4.91. The Balaban J connectivity index is 1.85. The van der Waals surface area contributed by atoms with Gasteiger partial charge < -0.3 is 10.2 Å². The SMILES string of the molecule is Cc1cccc(N(C)CCC2CCNC2)c1. The number of nitrogens with zero attached hydrogens (tertiary/aromatic N) is 1. The van der Waals surface area contributed by atoms with E-state index in [0.717, 1.165) is 12.5 Å². The third kappa shape index (κ3) is 2.99. The fourth-order valence-electron chi connectivity index (χ4n) is 2.33. The maximum Gasteiger partial charge on any atom is 0.0366 e. The molecule has 0 amide bonds. The number of hydrogen-bond donors (Lipinski definition) is 1. The molecule has 1 aromatic rings. The smallest absolute Gasteiger partial charge is 0.0366 e. The highest BCUT2D eigenvalue weighted by molar-refractivity contribution is 5.47. The van der Waals surface area contributed by atoms with Crippen LogP contribution in [0.25, 0.3) is 0 Å². The first-order valence-corrected chi connectivity index (χ1v) is 6.24. The van der Waals surface area contributed by atoms with Crippen LogP contribution >= 0.6 is 0 Å². The van der Waals surface area contributed by atoms with Gasteiger partial charge in [0.1, 0.15) is 0 Å². The van der Waals surface area contributed by atoms with Gasteiger partial charge in [0.15, 0.2) is 0 Å². The Kier molecular flexibility index (Phi) is 3.83. The summed E-state index contributed by atoms with van der Waals surface area (Å²) >= 11 is 0. The predicted molar refractivity (Wildman–Crippen MR) is 70.0 cm³/mol. The molecule has 0 aliphatic carbocycles. The summed E-state index contributed by atoms with van der Waals surface area (Å²) in [5, 5.41) is 3.43. The van der Waals surface area contributed by atoms with Gasteiger partial charge in [0.2, 0.25) is 0 Å². The Morgan fingerprint density at radius 3 is 3.00 bits per heavy atom. The number of anilines is 1. The van der Waals surface area contributed by atoms with Crippen LogP contribution in [0.2, 0.25) is 0 Å². The minimum atomic E-state index is 0.882. The fraction of sp³-hybridized carbons (Fsp3) is 0.571. The summed E-state index contributed by atoms with van der Waals surface area (Å²) in [7, 11) is 2.19. The molecular weight excluding hydrogens is 196 g/mol. The summed E-state index contributed by atoms with van der Waals surface area (Å²) in [5.74, 6) is 0.882. The van der Waals surface area contributed by atoms with Crippen molar-refractivity contribution in [3.63, 3.8) is 0 Å². The van der Waals surface area contributed by atoms with Crippen molar-refractivity contribution in [1.82, 2.24) is 5.32 Å². The van der Waals surface area contributed by atoms with Crippen LogP contribution in [0.1, 0.15) is 18.4 Å². The molecular formula is C14H22N2. The summed E-state index contributed by atoms with van der Waals surface area (Å²) in [4.78, 5) is 2.37. The van der Waals surface area contributed by atoms with Gasteiger partial charge >= 0.3 is 0 Å². The van der Waals surface area contributed by atoms with Crippen molar-refractivity contribution in [1.29, 1.82) is 0 Å². The Morgan fingerprint density at radius 1 is 1.44 bits per heavy atom. The molecule has 1 aromatic carbocycles. The zero-order valence-electron chi connectivity index (χ0n) is 10.4. The van der Waals surface area contributed by atoms with Crippen LogP contribution < -0.4 is 10.2 Å². The van der Waals surface area contributed by atoms with Gasteiger partial charge in [-0.05, 0) is 56.5 Å². The molecule has 2 rings (SSSR count). The Hall–Kier alpha value is -1.02. The van der Waals surface area contributed by atoms with Crippen LogP contribution in [0.5, 0.6) is 0 Å². The molecule has 1 N–H and O–H groups in total. The molecule has 1 atom stereocenters. The molecule has 0 aromatic heterocycles. The first-order chi connectivity index (χ1) is 7.75. The van der Waals surface area contributed by atoms with Gasteiger partial charge in [-0.3, -0.25) is 0 Å². The van der Waals surface area contributed by atoms with Crippen LogP contribution in [0.15, 0.2) is 24.3 Å². The van der Waals surface area contributed by atoms with E-state index < -0.39 is 0 Å². The molecule has 0 saturated carbocycles. The molecule has 1 saturated heterocycles. The molecule has 16 heavy (non-hydrogen) atoms. The second-order valence-electron chi connectivity index (χ2n) is 4.91. The second kappa shape index (κ2) is 5.35. The topological polar surface area (TPSA) is 15.3 Å². The highest BCUT2D eigenvalue weighted by Crippen LogP contribution is 2.17. The van der Waals surface area contributed by atoms with Crippen molar-refractivity contribution in [2.45, 2.75) is 19.8 Å². The first kappa shape index (κ1) is 11.5. The van der Waals surface area contributed by atoms with E-state index in [9.17, 15) is 0 Å². The molecule has 1 fully saturated rings. The molecule has 2 nitrogen and oxygen atoms in total. The van der Waals surface area contributed by atoms with E-state index in [0.29, 0.717) is 0 Å². The summed E-state index contributed by atoms with van der Waals surface area (Å²) in [6.45, 7) is 5.73. The third-order valence-electron chi connectivity index (χ3n) is 3.48. The van der Waals surface area contributed by atoms with Crippen LogP contribution in [-0.2, 0) is 0 Å². The van der Waals surface area contributed by atoms with Crippen LogP contribution in [0.3, 0.4) is 0 Å². The molecule has 0 bridgehead atoms. The zero-order valence-corrected chi connectivity index (χ0v) is 10.4. The summed E-state index contributed by atoms with van der Waals surface area (Å²) in [6.07, 6.45) is 2.65. The van der Waals surface area contributed by atoms with Gasteiger partial charge in [-0.2, -0.15) is 0 Å². The van der Waals surface area contributed by atoms with Crippen molar-refractivity contribution < 1.29 is 0 Å². The molecule has 1 heterocycles. The maximum atomic E-state index is 3.43. The minimum Gasteiger partial charge on any atom is -0.375 e. The molecule has 0 spiro atoms. The summed E-state index contributed by atoms with van der Waals surface area (Å²) in [6, 6.07) is 8.74. The molecule has 1 aliphatic rings. The van der Waals surface area contributed by atoms with Gasteiger partial charge in [-0.1, -0.05) is 12.1 Å². The van der Waals surface area contributed by atoms with Crippen molar-refractivity contribution in [2.75, 3.05) is 31.6 Å². The fourth-order valence-corrected chi connectivity index (χ4v) is 2.33. The highest BCUT2D eigenvalue weighted by atomic mass is 15.1. The van der Waals surface area contributed by atoms with Crippen LogP contribution in [0.4, 0.5) is 5.69 Å².